The van der Waals surface area contributed by atoms with Crippen molar-refractivity contribution >= 4 is 40.4 Å². The van der Waals surface area contributed by atoms with Crippen molar-refractivity contribution in [3.05, 3.63) is 39.2 Å². The second-order valence-electron chi connectivity index (χ2n) is 4.22. The summed E-state index contributed by atoms with van der Waals surface area (Å²) >= 11 is 7.42. The molecule has 0 unspecified atom stereocenters. The van der Waals surface area contributed by atoms with Crippen LogP contribution in [0.4, 0.5) is 11.5 Å². The fraction of sp³-hybridized carbons (Fsp3) is 0.286. The first-order valence-electron chi connectivity index (χ1n) is 6.51. The maximum Gasteiger partial charge on any atom is 0.340 e. The van der Waals surface area contributed by atoms with Crippen LogP contribution in [0.25, 0.3) is 0 Å². The highest BCUT2D eigenvalue weighted by molar-refractivity contribution is 7.16. The molecule has 5 nitrogen and oxygen atoms in total. The Kier molecular flexibility index (Phi) is 5.41. The summed E-state index contributed by atoms with van der Waals surface area (Å²) in [6, 6.07) is 5.41. The van der Waals surface area contributed by atoms with Gasteiger partial charge >= 0.3 is 5.97 Å². The van der Waals surface area contributed by atoms with Crippen molar-refractivity contribution in [3.63, 3.8) is 0 Å². The van der Waals surface area contributed by atoms with Gasteiger partial charge in [0.1, 0.15) is 5.82 Å². The summed E-state index contributed by atoms with van der Waals surface area (Å²) < 4.78 is 5.72. The molecule has 2 aromatic heterocycles. The monoisotopic (exact) mass is 325 g/mol. The number of anilines is 2. The van der Waals surface area contributed by atoms with Crippen LogP contribution in [-0.4, -0.2) is 24.1 Å². The van der Waals surface area contributed by atoms with Crippen molar-refractivity contribution in [2.75, 3.05) is 24.2 Å². The van der Waals surface area contributed by atoms with Gasteiger partial charge in [-0.3, -0.25) is 0 Å². The third kappa shape index (κ3) is 4.09. The lowest BCUT2D eigenvalue weighted by atomic mass is 10.2. The number of ether oxygens (including phenoxy) is 1. The lowest BCUT2D eigenvalue weighted by Crippen LogP contribution is -2.13. The fourth-order valence-corrected chi connectivity index (χ4v) is 2.88. The predicted molar refractivity (Wildman–Crippen MR) is 86.1 cm³/mol. The number of pyridine rings is 1. The highest BCUT2D eigenvalue weighted by Gasteiger charge is 2.14. The first-order chi connectivity index (χ1) is 10.1. The molecule has 0 atom stereocenters. The number of carbonyl (C=O) groups is 1. The minimum atomic E-state index is -0.439. The predicted octanol–water partition coefficient (Wildman–Crippen LogP) is 3.21. The molecular formula is C14H16ClN3O2S. The third-order valence-electron chi connectivity index (χ3n) is 2.78. The average Bonchev–Trinajstić information content (AvgIpc) is 2.86. The van der Waals surface area contributed by atoms with E-state index in [9.17, 15) is 4.79 Å². The summed E-state index contributed by atoms with van der Waals surface area (Å²) in [7, 11) is 0. The van der Waals surface area contributed by atoms with E-state index in [1.165, 1.54) is 11.1 Å². The van der Waals surface area contributed by atoms with Gasteiger partial charge < -0.3 is 15.8 Å². The zero-order chi connectivity index (χ0) is 15.2. The summed E-state index contributed by atoms with van der Waals surface area (Å²) in [6.07, 6.45) is 2.34. The summed E-state index contributed by atoms with van der Waals surface area (Å²) in [6.45, 7) is 2.71. The van der Waals surface area contributed by atoms with Gasteiger partial charge in [0, 0.05) is 17.6 Å². The van der Waals surface area contributed by atoms with E-state index in [-0.39, 0.29) is 0 Å². The lowest BCUT2D eigenvalue weighted by molar-refractivity contribution is 0.0527. The van der Waals surface area contributed by atoms with Crippen LogP contribution in [0.1, 0.15) is 22.2 Å². The second kappa shape index (κ2) is 7.28. The molecular weight excluding hydrogens is 310 g/mol. The normalized spacial score (nSPS) is 10.4. The first-order valence-corrected chi connectivity index (χ1v) is 7.71. The van der Waals surface area contributed by atoms with Crippen molar-refractivity contribution in [2.45, 2.75) is 13.3 Å². The Morgan fingerprint density at radius 2 is 2.29 bits per heavy atom. The van der Waals surface area contributed by atoms with Crippen LogP contribution in [-0.2, 0) is 11.2 Å². The van der Waals surface area contributed by atoms with Gasteiger partial charge in [0.2, 0.25) is 0 Å². The van der Waals surface area contributed by atoms with Crippen LogP contribution in [0.5, 0.6) is 0 Å². The number of carbonyl (C=O) groups excluding carboxylic acids is 1. The highest BCUT2D eigenvalue weighted by Crippen LogP contribution is 2.23. The van der Waals surface area contributed by atoms with Crippen molar-refractivity contribution in [1.29, 1.82) is 0 Å². The Morgan fingerprint density at radius 1 is 1.48 bits per heavy atom. The van der Waals surface area contributed by atoms with E-state index >= 15 is 0 Å². The number of rotatable bonds is 6. The molecule has 0 saturated carbocycles. The number of nitrogens with one attached hydrogen (secondary N) is 1. The van der Waals surface area contributed by atoms with E-state index in [4.69, 9.17) is 22.1 Å². The van der Waals surface area contributed by atoms with Gasteiger partial charge in [-0.1, -0.05) is 11.6 Å². The van der Waals surface area contributed by atoms with Crippen LogP contribution in [0.2, 0.25) is 4.34 Å². The van der Waals surface area contributed by atoms with Crippen molar-refractivity contribution in [2.24, 2.45) is 0 Å². The molecule has 7 heteroatoms. The smallest absolute Gasteiger partial charge is 0.340 e. The molecule has 0 aromatic carbocycles. The molecule has 2 aromatic rings. The molecule has 0 aliphatic heterocycles. The Labute approximate surface area is 132 Å². The van der Waals surface area contributed by atoms with Crippen molar-refractivity contribution in [1.82, 2.24) is 4.98 Å². The maximum absolute atomic E-state index is 11.7. The number of esters is 1. The van der Waals surface area contributed by atoms with Gasteiger partial charge in [-0.2, -0.15) is 0 Å². The molecule has 0 bridgehead atoms. The van der Waals surface area contributed by atoms with E-state index < -0.39 is 5.97 Å². The van der Waals surface area contributed by atoms with Crippen LogP contribution < -0.4 is 11.1 Å². The number of hydrogen-bond acceptors (Lipinski definition) is 6. The second-order valence-corrected chi connectivity index (χ2v) is 6.02. The van der Waals surface area contributed by atoms with E-state index in [1.807, 2.05) is 12.1 Å². The minimum Gasteiger partial charge on any atom is -0.462 e. The van der Waals surface area contributed by atoms with Gasteiger partial charge in [0.25, 0.3) is 0 Å². The van der Waals surface area contributed by atoms with Crippen molar-refractivity contribution in [3.8, 4) is 0 Å². The zero-order valence-electron chi connectivity index (χ0n) is 11.6. The Bertz CT molecular complexity index is 630. The molecule has 0 spiro atoms. The zero-order valence-corrected chi connectivity index (χ0v) is 13.1. The number of hydrogen-bond donors (Lipinski definition) is 2. The summed E-state index contributed by atoms with van der Waals surface area (Å²) in [5, 5.41) is 3.13. The van der Waals surface area contributed by atoms with Gasteiger partial charge in [-0.25, -0.2) is 9.78 Å². The molecule has 0 saturated heterocycles. The van der Waals surface area contributed by atoms with Gasteiger partial charge in [-0.15, -0.1) is 11.3 Å². The molecule has 0 fully saturated rings. The topological polar surface area (TPSA) is 77.2 Å². The van der Waals surface area contributed by atoms with E-state index in [0.29, 0.717) is 30.2 Å². The van der Waals surface area contributed by atoms with Gasteiger partial charge in [-0.05, 0) is 31.5 Å². The molecule has 21 heavy (non-hydrogen) atoms. The van der Waals surface area contributed by atoms with Crippen LogP contribution >= 0.6 is 22.9 Å². The van der Waals surface area contributed by atoms with Gasteiger partial charge in [0.15, 0.2) is 0 Å². The maximum atomic E-state index is 11.7. The number of nitrogens with zero attached hydrogens (tertiary/aromatic N) is 1. The van der Waals surface area contributed by atoms with E-state index in [0.717, 1.165) is 10.8 Å². The van der Waals surface area contributed by atoms with Crippen molar-refractivity contribution < 1.29 is 9.53 Å². The lowest BCUT2D eigenvalue weighted by Gasteiger charge is -2.10. The molecule has 2 heterocycles. The van der Waals surface area contributed by atoms with Crippen LogP contribution in [0.15, 0.2) is 24.4 Å². The summed E-state index contributed by atoms with van der Waals surface area (Å²) in [5.41, 5.74) is 6.59. The molecule has 0 aliphatic rings. The standard InChI is InChI=1S/C14H16ClN3O2S/c1-2-20-14(19)10-6-8-18-13(12(10)16)17-7-5-9-3-4-11(15)21-9/h3-4,6,8H,2,5,7,16H2,1H3,(H,17,18). The Balaban J connectivity index is 2.00. The first kappa shape index (κ1) is 15.6. The molecule has 0 aliphatic carbocycles. The largest absolute Gasteiger partial charge is 0.462 e. The fourth-order valence-electron chi connectivity index (χ4n) is 1.79. The van der Waals surface area contributed by atoms with E-state index in [2.05, 4.69) is 10.3 Å². The number of thiophene rings is 1. The molecule has 0 radical (unpaired) electrons. The summed E-state index contributed by atoms with van der Waals surface area (Å²) in [5.74, 6) is 0.0497. The highest BCUT2D eigenvalue weighted by atomic mass is 35.5. The number of aromatic nitrogens is 1. The number of nitrogen functional groups attached to an aromatic ring is 1. The minimum absolute atomic E-state index is 0.306. The number of nitrogens with two attached hydrogens (primary N) is 1. The average molecular weight is 326 g/mol. The third-order valence-corrected chi connectivity index (χ3v) is 4.07. The van der Waals surface area contributed by atoms with E-state index in [1.54, 1.807) is 24.3 Å². The number of halogens is 1. The Hall–Kier alpha value is -1.79. The summed E-state index contributed by atoms with van der Waals surface area (Å²) in [4.78, 5) is 17.1. The SMILES string of the molecule is CCOC(=O)c1ccnc(NCCc2ccc(Cl)s2)c1N. The van der Waals surface area contributed by atoms with Crippen LogP contribution in [0, 0.1) is 0 Å². The molecule has 0 amide bonds. The quantitative estimate of drug-likeness (QED) is 0.797. The molecule has 3 N–H and O–H groups in total. The van der Waals surface area contributed by atoms with Gasteiger partial charge in [0.05, 0.1) is 22.2 Å². The molecule has 2 rings (SSSR count). The Morgan fingerprint density at radius 3 is 2.95 bits per heavy atom. The molecule has 112 valence electrons. The van der Waals surface area contributed by atoms with Crippen LogP contribution in [0.3, 0.4) is 0 Å².